The van der Waals surface area contributed by atoms with E-state index in [1.165, 1.54) is 0 Å². The third-order valence-corrected chi connectivity index (χ3v) is 2.22. The van der Waals surface area contributed by atoms with Crippen LogP contribution >= 0.6 is 0 Å². The fourth-order valence-electron chi connectivity index (χ4n) is 1.50. The third-order valence-electron chi connectivity index (χ3n) is 2.22. The van der Waals surface area contributed by atoms with E-state index in [0.29, 0.717) is 5.56 Å². The highest BCUT2D eigenvalue weighted by molar-refractivity contribution is 5.77. The number of aldehydes is 1. The zero-order chi connectivity index (χ0) is 12.0. The number of hydrogen-bond acceptors (Lipinski definition) is 4. The SMILES string of the molecule is Cc1cc(C=O)ccc1N(CC#N)CC#N. The summed E-state index contributed by atoms with van der Waals surface area (Å²) in [4.78, 5) is 12.2. The highest BCUT2D eigenvalue weighted by Gasteiger charge is 2.08. The zero-order valence-electron chi connectivity index (χ0n) is 8.97. The predicted octanol–water partition coefficient (Wildman–Crippen LogP) is 1.66. The Morgan fingerprint density at radius 3 is 2.38 bits per heavy atom. The summed E-state index contributed by atoms with van der Waals surface area (Å²) in [6, 6.07) is 9.20. The Hall–Kier alpha value is -2.33. The van der Waals surface area contributed by atoms with E-state index in [2.05, 4.69) is 0 Å². The van der Waals surface area contributed by atoms with Crippen LogP contribution < -0.4 is 4.90 Å². The van der Waals surface area contributed by atoms with Crippen LogP contribution in [-0.2, 0) is 0 Å². The number of rotatable bonds is 4. The first-order valence-electron chi connectivity index (χ1n) is 4.77. The van der Waals surface area contributed by atoms with Gasteiger partial charge in [-0.05, 0) is 30.7 Å². The largest absolute Gasteiger partial charge is 0.345 e. The highest BCUT2D eigenvalue weighted by Crippen LogP contribution is 2.20. The van der Waals surface area contributed by atoms with Gasteiger partial charge >= 0.3 is 0 Å². The first-order valence-corrected chi connectivity index (χ1v) is 4.77. The zero-order valence-corrected chi connectivity index (χ0v) is 8.97. The molecular formula is C12H11N3O. The molecule has 0 aliphatic carbocycles. The Bertz CT molecular complexity index is 452. The van der Waals surface area contributed by atoms with E-state index in [9.17, 15) is 4.79 Å². The molecule has 0 amide bonds. The lowest BCUT2D eigenvalue weighted by atomic mass is 10.1. The van der Waals surface area contributed by atoms with E-state index in [0.717, 1.165) is 17.5 Å². The lowest BCUT2D eigenvalue weighted by molar-refractivity contribution is 0.112. The van der Waals surface area contributed by atoms with Gasteiger partial charge < -0.3 is 4.90 Å². The van der Waals surface area contributed by atoms with Crippen molar-refractivity contribution in [1.82, 2.24) is 0 Å². The van der Waals surface area contributed by atoms with Crippen molar-refractivity contribution in [2.75, 3.05) is 18.0 Å². The molecule has 0 unspecified atom stereocenters. The summed E-state index contributed by atoms with van der Waals surface area (Å²) in [5.41, 5.74) is 2.29. The summed E-state index contributed by atoms with van der Waals surface area (Å²) in [7, 11) is 0. The molecule has 0 aliphatic heterocycles. The molecule has 4 nitrogen and oxygen atoms in total. The van der Waals surface area contributed by atoms with Gasteiger partial charge in [-0.15, -0.1) is 0 Å². The summed E-state index contributed by atoms with van der Waals surface area (Å²) < 4.78 is 0. The highest BCUT2D eigenvalue weighted by atomic mass is 16.1. The average molecular weight is 213 g/mol. The number of nitriles is 2. The first-order chi connectivity index (χ1) is 7.72. The number of hydrogen-bond donors (Lipinski definition) is 0. The van der Waals surface area contributed by atoms with Crippen molar-refractivity contribution in [3.05, 3.63) is 29.3 Å². The molecule has 0 N–H and O–H groups in total. The minimum Gasteiger partial charge on any atom is -0.345 e. The molecule has 1 aromatic carbocycles. The quantitative estimate of drug-likeness (QED) is 0.563. The summed E-state index contributed by atoms with van der Waals surface area (Å²) in [5, 5.41) is 17.3. The van der Waals surface area contributed by atoms with E-state index in [1.54, 1.807) is 23.1 Å². The van der Waals surface area contributed by atoms with Crippen LogP contribution in [0.4, 0.5) is 5.69 Å². The van der Waals surface area contributed by atoms with Crippen LogP contribution in [0.2, 0.25) is 0 Å². The van der Waals surface area contributed by atoms with Crippen LogP contribution in [0, 0.1) is 29.6 Å². The summed E-state index contributed by atoms with van der Waals surface area (Å²) in [6.45, 7) is 2.17. The summed E-state index contributed by atoms with van der Waals surface area (Å²) in [5.74, 6) is 0. The maximum atomic E-state index is 10.6. The fourth-order valence-corrected chi connectivity index (χ4v) is 1.50. The van der Waals surface area contributed by atoms with E-state index < -0.39 is 0 Å². The Labute approximate surface area is 94.3 Å². The van der Waals surface area contributed by atoms with Crippen LogP contribution in [-0.4, -0.2) is 19.4 Å². The molecule has 0 atom stereocenters. The van der Waals surface area contributed by atoms with Gasteiger partial charge in [-0.1, -0.05) is 0 Å². The Morgan fingerprint density at radius 2 is 1.94 bits per heavy atom. The standard InChI is InChI=1S/C12H11N3O/c1-10-8-11(9-16)2-3-12(10)15(6-4-13)7-5-14/h2-3,8-9H,6-7H2,1H3. The van der Waals surface area contributed by atoms with Gasteiger partial charge in [0.15, 0.2) is 0 Å². The molecule has 0 spiro atoms. The molecule has 0 radical (unpaired) electrons. The number of benzene rings is 1. The van der Waals surface area contributed by atoms with Crippen LogP contribution in [0.5, 0.6) is 0 Å². The molecule has 0 saturated heterocycles. The molecule has 1 aromatic rings. The van der Waals surface area contributed by atoms with E-state index >= 15 is 0 Å². The molecular weight excluding hydrogens is 202 g/mol. The van der Waals surface area contributed by atoms with Crippen molar-refractivity contribution in [2.24, 2.45) is 0 Å². The molecule has 0 bridgehead atoms. The van der Waals surface area contributed by atoms with Crippen molar-refractivity contribution in [1.29, 1.82) is 10.5 Å². The van der Waals surface area contributed by atoms with Gasteiger partial charge in [0.1, 0.15) is 19.4 Å². The number of anilines is 1. The minimum atomic E-state index is 0.162. The third kappa shape index (κ3) is 2.59. The fraction of sp³-hybridized carbons (Fsp3) is 0.250. The number of nitrogens with zero attached hydrogens (tertiary/aromatic N) is 3. The second-order valence-corrected chi connectivity index (χ2v) is 3.34. The van der Waals surface area contributed by atoms with Gasteiger partial charge in [0, 0.05) is 11.3 Å². The monoisotopic (exact) mass is 213 g/mol. The van der Waals surface area contributed by atoms with Crippen LogP contribution in [0.3, 0.4) is 0 Å². The van der Waals surface area contributed by atoms with Gasteiger partial charge in [0.25, 0.3) is 0 Å². The van der Waals surface area contributed by atoms with Crippen molar-refractivity contribution >= 4 is 12.0 Å². The lowest BCUT2D eigenvalue weighted by Gasteiger charge is -2.20. The second-order valence-electron chi connectivity index (χ2n) is 3.34. The molecule has 1 rings (SSSR count). The Balaban J connectivity index is 3.06. The van der Waals surface area contributed by atoms with Gasteiger partial charge in [0.05, 0.1) is 12.1 Å². The van der Waals surface area contributed by atoms with E-state index in [1.807, 2.05) is 19.1 Å². The van der Waals surface area contributed by atoms with Gasteiger partial charge in [-0.25, -0.2) is 0 Å². The van der Waals surface area contributed by atoms with Crippen LogP contribution in [0.15, 0.2) is 18.2 Å². The van der Waals surface area contributed by atoms with Crippen molar-refractivity contribution in [3.8, 4) is 12.1 Å². The van der Waals surface area contributed by atoms with Gasteiger partial charge in [-0.2, -0.15) is 10.5 Å². The first kappa shape index (κ1) is 11.7. The lowest BCUT2D eigenvalue weighted by Crippen LogP contribution is -2.24. The summed E-state index contributed by atoms with van der Waals surface area (Å²) in [6.07, 6.45) is 0.774. The topological polar surface area (TPSA) is 67.9 Å². The molecule has 0 fully saturated rings. The van der Waals surface area contributed by atoms with E-state index in [-0.39, 0.29) is 13.1 Å². The molecule has 0 heterocycles. The molecule has 4 heteroatoms. The number of carbonyl (C=O) groups excluding carboxylic acids is 1. The van der Waals surface area contributed by atoms with Crippen LogP contribution in [0.1, 0.15) is 15.9 Å². The van der Waals surface area contributed by atoms with Crippen molar-refractivity contribution in [2.45, 2.75) is 6.92 Å². The molecule has 80 valence electrons. The molecule has 0 aromatic heterocycles. The maximum Gasteiger partial charge on any atom is 0.150 e. The molecule has 0 saturated carbocycles. The number of carbonyl (C=O) groups is 1. The average Bonchev–Trinajstić information content (AvgIpc) is 2.29. The second kappa shape index (κ2) is 5.53. The number of aryl methyl sites for hydroxylation is 1. The minimum absolute atomic E-state index is 0.162. The molecule has 16 heavy (non-hydrogen) atoms. The normalized spacial score (nSPS) is 8.94. The molecule has 0 aliphatic rings. The smallest absolute Gasteiger partial charge is 0.150 e. The van der Waals surface area contributed by atoms with Crippen LogP contribution in [0.25, 0.3) is 0 Å². The van der Waals surface area contributed by atoms with Crippen molar-refractivity contribution < 1.29 is 4.79 Å². The predicted molar refractivity (Wildman–Crippen MR) is 60.0 cm³/mol. The summed E-state index contributed by atoms with van der Waals surface area (Å²) >= 11 is 0. The van der Waals surface area contributed by atoms with Gasteiger partial charge in [-0.3, -0.25) is 4.79 Å². The van der Waals surface area contributed by atoms with E-state index in [4.69, 9.17) is 10.5 Å². The Morgan fingerprint density at radius 1 is 1.31 bits per heavy atom. The Kier molecular flexibility index (Phi) is 4.06. The maximum absolute atomic E-state index is 10.6. The van der Waals surface area contributed by atoms with Crippen molar-refractivity contribution in [3.63, 3.8) is 0 Å². The van der Waals surface area contributed by atoms with Gasteiger partial charge in [0.2, 0.25) is 0 Å².